The molecule has 1 heterocycles. The first kappa shape index (κ1) is 12.2. The van der Waals surface area contributed by atoms with Crippen molar-refractivity contribution in [2.24, 2.45) is 0 Å². The minimum Gasteiger partial charge on any atom is -0.378 e. The van der Waals surface area contributed by atoms with Gasteiger partial charge >= 0.3 is 0 Å². The van der Waals surface area contributed by atoms with Gasteiger partial charge in [-0.25, -0.2) is 4.98 Å². The number of aromatic amines is 1. The highest BCUT2D eigenvalue weighted by atomic mass is 16.1. The van der Waals surface area contributed by atoms with Crippen molar-refractivity contribution >= 4 is 17.3 Å². The van der Waals surface area contributed by atoms with E-state index in [2.05, 4.69) is 20.6 Å². The average molecular weight is 244 g/mol. The maximum absolute atomic E-state index is 11.3. The van der Waals surface area contributed by atoms with Crippen molar-refractivity contribution in [1.29, 1.82) is 0 Å². The zero-order valence-corrected chi connectivity index (χ0v) is 10.2. The summed E-state index contributed by atoms with van der Waals surface area (Å²) < 4.78 is 0. The lowest BCUT2D eigenvalue weighted by molar-refractivity contribution is -0.115. The molecule has 0 saturated heterocycles. The highest BCUT2D eigenvalue weighted by molar-refractivity contribution is 5.90. The molecule has 0 unspecified atom stereocenters. The van der Waals surface area contributed by atoms with Crippen LogP contribution in [0.15, 0.2) is 36.7 Å². The fraction of sp³-hybridized carbons (Fsp3) is 0.231. The number of carbonyl (C=O) groups excluding carboxylic acids is 1. The monoisotopic (exact) mass is 244 g/mol. The number of amides is 1. The molecule has 5 nitrogen and oxygen atoms in total. The molecule has 0 aliphatic carbocycles. The second kappa shape index (κ2) is 5.86. The van der Waals surface area contributed by atoms with Crippen LogP contribution in [0.25, 0.3) is 0 Å². The first-order valence-corrected chi connectivity index (χ1v) is 5.90. The number of anilines is 2. The van der Waals surface area contributed by atoms with Crippen LogP contribution in [0.3, 0.4) is 0 Å². The Morgan fingerprint density at radius 2 is 2.22 bits per heavy atom. The average Bonchev–Trinajstić information content (AvgIpc) is 2.90. The van der Waals surface area contributed by atoms with Crippen LogP contribution in [-0.2, 0) is 11.3 Å². The van der Waals surface area contributed by atoms with Gasteiger partial charge in [0.1, 0.15) is 5.82 Å². The van der Waals surface area contributed by atoms with Gasteiger partial charge < -0.3 is 15.6 Å². The van der Waals surface area contributed by atoms with Gasteiger partial charge in [0.25, 0.3) is 0 Å². The van der Waals surface area contributed by atoms with Crippen molar-refractivity contribution in [3.8, 4) is 0 Å². The van der Waals surface area contributed by atoms with Gasteiger partial charge in [-0.1, -0.05) is 13.0 Å². The Labute approximate surface area is 106 Å². The SMILES string of the molecule is CCC(=O)Nc1cccc(NCc2ncc[nH]2)c1. The second-order valence-corrected chi connectivity index (χ2v) is 3.87. The van der Waals surface area contributed by atoms with E-state index < -0.39 is 0 Å². The molecular formula is C13H16N4O. The van der Waals surface area contributed by atoms with E-state index in [4.69, 9.17) is 0 Å². The zero-order valence-electron chi connectivity index (χ0n) is 10.2. The van der Waals surface area contributed by atoms with Gasteiger partial charge in [0.05, 0.1) is 6.54 Å². The van der Waals surface area contributed by atoms with Crippen LogP contribution >= 0.6 is 0 Å². The quantitative estimate of drug-likeness (QED) is 0.756. The fourth-order valence-electron chi connectivity index (χ4n) is 1.54. The van der Waals surface area contributed by atoms with E-state index in [1.807, 2.05) is 31.2 Å². The van der Waals surface area contributed by atoms with E-state index in [1.165, 1.54) is 0 Å². The van der Waals surface area contributed by atoms with Gasteiger partial charge in [0, 0.05) is 30.2 Å². The molecule has 2 rings (SSSR count). The fourth-order valence-corrected chi connectivity index (χ4v) is 1.54. The maximum atomic E-state index is 11.3. The number of benzene rings is 1. The van der Waals surface area contributed by atoms with Crippen LogP contribution < -0.4 is 10.6 Å². The summed E-state index contributed by atoms with van der Waals surface area (Å²) in [5.74, 6) is 0.885. The second-order valence-electron chi connectivity index (χ2n) is 3.87. The highest BCUT2D eigenvalue weighted by Crippen LogP contribution is 2.15. The molecule has 5 heteroatoms. The van der Waals surface area contributed by atoms with Crippen molar-refractivity contribution < 1.29 is 4.79 Å². The van der Waals surface area contributed by atoms with Crippen molar-refractivity contribution in [1.82, 2.24) is 9.97 Å². The summed E-state index contributed by atoms with van der Waals surface area (Å²) in [6.45, 7) is 2.45. The van der Waals surface area contributed by atoms with Crippen LogP contribution in [0, 0.1) is 0 Å². The number of nitrogens with one attached hydrogen (secondary N) is 3. The van der Waals surface area contributed by atoms with Crippen molar-refractivity contribution in [3.63, 3.8) is 0 Å². The largest absolute Gasteiger partial charge is 0.378 e. The van der Waals surface area contributed by atoms with Gasteiger partial charge in [0.2, 0.25) is 5.91 Å². The van der Waals surface area contributed by atoms with Gasteiger partial charge in [0.15, 0.2) is 0 Å². The Balaban J connectivity index is 1.96. The number of aromatic nitrogens is 2. The smallest absolute Gasteiger partial charge is 0.224 e. The lowest BCUT2D eigenvalue weighted by atomic mass is 10.2. The van der Waals surface area contributed by atoms with E-state index in [-0.39, 0.29) is 5.91 Å². The Hall–Kier alpha value is -2.30. The standard InChI is InChI=1S/C13H16N4O/c1-2-13(18)17-11-5-3-4-10(8-11)16-9-12-14-6-7-15-12/h3-8,16H,2,9H2,1H3,(H,14,15)(H,17,18). The summed E-state index contributed by atoms with van der Waals surface area (Å²) in [5, 5.41) is 6.06. The van der Waals surface area contributed by atoms with Crippen LogP contribution in [-0.4, -0.2) is 15.9 Å². The Bertz CT molecular complexity index is 507. The molecule has 0 atom stereocenters. The highest BCUT2D eigenvalue weighted by Gasteiger charge is 2.00. The third kappa shape index (κ3) is 3.35. The number of hydrogen-bond acceptors (Lipinski definition) is 3. The Morgan fingerprint density at radius 3 is 2.94 bits per heavy atom. The summed E-state index contributed by atoms with van der Waals surface area (Å²) in [5.41, 5.74) is 1.74. The number of imidazole rings is 1. The maximum Gasteiger partial charge on any atom is 0.224 e. The number of hydrogen-bond donors (Lipinski definition) is 3. The van der Waals surface area contributed by atoms with Crippen molar-refractivity contribution in [3.05, 3.63) is 42.5 Å². The molecule has 1 amide bonds. The molecule has 1 aromatic carbocycles. The summed E-state index contributed by atoms with van der Waals surface area (Å²) >= 11 is 0. The molecule has 0 radical (unpaired) electrons. The van der Waals surface area contributed by atoms with E-state index >= 15 is 0 Å². The van der Waals surface area contributed by atoms with Gasteiger partial charge in [-0.2, -0.15) is 0 Å². The predicted octanol–water partition coefficient (Wildman–Crippen LogP) is 2.37. The topological polar surface area (TPSA) is 69.8 Å². The Kier molecular flexibility index (Phi) is 3.96. The number of H-pyrrole nitrogens is 1. The molecule has 0 aliphatic heterocycles. The third-order valence-corrected chi connectivity index (χ3v) is 2.48. The molecule has 0 saturated carbocycles. The minimum atomic E-state index is 0.0122. The van der Waals surface area contributed by atoms with Crippen LogP contribution in [0.4, 0.5) is 11.4 Å². The summed E-state index contributed by atoms with van der Waals surface area (Å²) in [6, 6.07) is 7.61. The summed E-state index contributed by atoms with van der Waals surface area (Å²) in [6.07, 6.45) is 3.98. The van der Waals surface area contributed by atoms with Gasteiger partial charge in [-0.15, -0.1) is 0 Å². The molecule has 0 spiro atoms. The lowest BCUT2D eigenvalue weighted by Gasteiger charge is -2.08. The van der Waals surface area contributed by atoms with E-state index in [0.29, 0.717) is 13.0 Å². The van der Waals surface area contributed by atoms with E-state index in [0.717, 1.165) is 17.2 Å². The van der Waals surface area contributed by atoms with Crippen LogP contribution in [0.5, 0.6) is 0 Å². The predicted molar refractivity (Wildman–Crippen MR) is 71.3 cm³/mol. The third-order valence-electron chi connectivity index (χ3n) is 2.48. The lowest BCUT2D eigenvalue weighted by Crippen LogP contribution is -2.09. The first-order chi connectivity index (χ1) is 8.78. The molecule has 18 heavy (non-hydrogen) atoms. The summed E-state index contributed by atoms with van der Waals surface area (Å²) in [4.78, 5) is 18.4. The molecule has 0 bridgehead atoms. The molecule has 1 aromatic heterocycles. The molecule has 94 valence electrons. The molecule has 0 fully saturated rings. The number of nitrogens with zero attached hydrogens (tertiary/aromatic N) is 1. The summed E-state index contributed by atoms with van der Waals surface area (Å²) in [7, 11) is 0. The van der Waals surface area contributed by atoms with Crippen molar-refractivity contribution in [2.45, 2.75) is 19.9 Å². The number of carbonyl (C=O) groups is 1. The molecule has 3 N–H and O–H groups in total. The Morgan fingerprint density at radius 1 is 1.39 bits per heavy atom. The zero-order chi connectivity index (χ0) is 12.8. The normalized spacial score (nSPS) is 10.1. The van der Waals surface area contributed by atoms with E-state index in [1.54, 1.807) is 12.4 Å². The van der Waals surface area contributed by atoms with Crippen molar-refractivity contribution in [2.75, 3.05) is 10.6 Å². The molecule has 2 aromatic rings. The van der Waals surface area contributed by atoms with Crippen LogP contribution in [0.2, 0.25) is 0 Å². The molecular weight excluding hydrogens is 228 g/mol. The van der Waals surface area contributed by atoms with Gasteiger partial charge in [-0.3, -0.25) is 4.79 Å². The molecule has 0 aliphatic rings. The minimum absolute atomic E-state index is 0.0122. The van der Waals surface area contributed by atoms with Gasteiger partial charge in [-0.05, 0) is 18.2 Å². The number of rotatable bonds is 5. The van der Waals surface area contributed by atoms with E-state index in [9.17, 15) is 4.79 Å². The first-order valence-electron chi connectivity index (χ1n) is 5.90. The van der Waals surface area contributed by atoms with Crippen LogP contribution in [0.1, 0.15) is 19.2 Å².